The normalized spacial score (nSPS) is 36.7. The highest BCUT2D eigenvalue weighted by Crippen LogP contribution is 2.09. The molecular formula is C6H14N2O. The minimum Gasteiger partial charge on any atom is -0.391 e. The highest BCUT2D eigenvalue weighted by atomic mass is 16.3. The number of nitrogens with one attached hydrogen (secondary N) is 1. The van der Waals surface area contributed by atoms with Crippen molar-refractivity contribution in [1.82, 2.24) is 5.32 Å². The molecule has 1 aliphatic rings. The third-order valence-electron chi connectivity index (χ3n) is 1.89. The molecule has 1 aliphatic heterocycles. The lowest BCUT2D eigenvalue weighted by molar-refractivity contribution is 0.0863. The van der Waals surface area contributed by atoms with Crippen LogP contribution in [0.3, 0.4) is 0 Å². The molecule has 1 heterocycles. The van der Waals surface area contributed by atoms with Crippen molar-refractivity contribution in [3.05, 3.63) is 0 Å². The Kier molecular flexibility index (Phi) is 2.45. The summed E-state index contributed by atoms with van der Waals surface area (Å²) < 4.78 is 0. The van der Waals surface area contributed by atoms with E-state index in [1.54, 1.807) is 0 Å². The molecule has 9 heavy (non-hydrogen) atoms. The topological polar surface area (TPSA) is 58.3 Å². The molecule has 0 aromatic rings. The van der Waals surface area contributed by atoms with Crippen molar-refractivity contribution in [3.8, 4) is 0 Å². The summed E-state index contributed by atoms with van der Waals surface area (Å²) in [6.45, 7) is 2.32. The van der Waals surface area contributed by atoms with Gasteiger partial charge in [0.25, 0.3) is 0 Å². The Hall–Kier alpha value is -0.120. The number of nitrogens with two attached hydrogens (primary N) is 1. The molecule has 1 fully saturated rings. The molecule has 0 spiro atoms. The molecule has 0 amide bonds. The smallest absolute Gasteiger partial charge is 0.0705 e. The zero-order valence-corrected chi connectivity index (χ0v) is 5.51. The van der Waals surface area contributed by atoms with Crippen LogP contribution >= 0.6 is 0 Å². The fraction of sp³-hybridized carbons (Fsp3) is 1.00. The van der Waals surface area contributed by atoms with E-state index in [9.17, 15) is 5.11 Å². The van der Waals surface area contributed by atoms with Crippen LogP contribution in [-0.4, -0.2) is 30.8 Å². The number of β-amino-alcohol motifs (C(OH)–C–C–N with tert-alkyl or cyclic N) is 1. The van der Waals surface area contributed by atoms with E-state index in [0.29, 0.717) is 19.0 Å². The molecule has 0 bridgehead atoms. The molecule has 54 valence electrons. The van der Waals surface area contributed by atoms with Crippen molar-refractivity contribution in [2.75, 3.05) is 19.6 Å². The first kappa shape index (κ1) is 6.99. The van der Waals surface area contributed by atoms with Crippen molar-refractivity contribution >= 4 is 0 Å². The van der Waals surface area contributed by atoms with Gasteiger partial charge in [0.05, 0.1) is 6.10 Å². The largest absolute Gasteiger partial charge is 0.391 e. The summed E-state index contributed by atoms with van der Waals surface area (Å²) in [6.07, 6.45) is 0.793. The highest BCUT2D eigenvalue weighted by Gasteiger charge is 2.20. The number of hydrogen-bond donors (Lipinski definition) is 3. The zero-order valence-electron chi connectivity index (χ0n) is 5.51. The predicted octanol–water partition coefficient (Wildman–Crippen LogP) is -1.08. The van der Waals surface area contributed by atoms with Gasteiger partial charge >= 0.3 is 0 Å². The van der Waals surface area contributed by atoms with Gasteiger partial charge in [0.2, 0.25) is 0 Å². The number of rotatable bonds is 1. The summed E-state index contributed by atoms with van der Waals surface area (Å²) in [4.78, 5) is 0. The van der Waals surface area contributed by atoms with E-state index < -0.39 is 0 Å². The van der Waals surface area contributed by atoms with Crippen LogP contribution in [0.15, 0.2) is 0 Å². The van der Waals surface area contributed by atoms with Crippen LogP contribution in [0.4, 0.5) is 0 Å². The molecule has 1 saturated heterocycles. The third kappa shape index (κ3) is 1.64. The van der Waals surface area contributed by atoms with Gasteiger partial charge in [0.15, 0.2) is 0 Å². The Morgan fingerprint density at radius 2 is 2.44 bits per heavy atom. The number of hydrogen-bond acceptors (Lipinski definition) is 3. The molecule has 0 aliphatic carbocycles. The van der Waals surface area contributed by atoms with E-state index in [2.05, 4.69) is 5.32 Å². The summed E-state index contributed by atoms with van der Waals surface area (Å²) >= 11 is 0. The van der Waals surface area contributed by atoms with Crippen molar-refractivity contribution in [2.45, 2.75) is 12.5 Å². The van der Waals surface area contributed by atoms with Crippen LogP contribution in [0.25, 0.3) is 0 Å². The highest BCUT2D eigenvalue weighted by molar-refractivity contribution is 4.77. The molecule has 4 N–H and O–H groups in total. The third-order valence-corrected chi connectivity index (χ3v) is 1.89. The molecule has 0 unspecified atom stereocenters. The molecule has 3 heteroatoms. The van der Waals surface area contributed by atoms with E-state index in [1.165, 1.54) is 0 Å². The van der Waals surface area contributed by atoms with Crippen LogP contribution in [0, 0.1) is 5.92 Å². The van der Waals surface area contributed by atoms with Gasteiger partial charge < -0.3 is 16.2 Å². The van der Waals surface area contributed by atoms with Gasteiger partial charge in [0, 0.05) is 6.54 Å². The van der Waals surface area contributed by atoms with E-state index in [0.717, 1.165) is 13.0 Å². The molecule has 2 atom stereocenters. The van der Waals surface area contributed by atoms with E-state index in [-0.39, 0.29) is 6.10 Å². The lowest BCUT2D eigenvalue weighted by Crippen LogP contribution is -2.43. The predicted molar refractivity (Wildman–Crippen MR) is 36.0 cm³/mol. The van der Waals surface area contributed by atoms with Gasteiger partial charge in [-0.2, -0.15) is 0 Å². The second kappa shape index (κ2) is 3.15. The van der Waals surface area contributed by atoms with Crippen molar-refractivity contribution in [3.63, 3.8) is 0 Å². The quantitative estimate of drug-likeness (QED) is 0.423. The first-order chi connectivity index (χ1) is 4.34. The minimum absolute atomic E-state index is 0.219. The van der Waals surface area contributed by atoms with Gasteiger partial charge in [-0.25, -0.2) is 0 Å². The summed E-state index contributed by atoms with van der Waals surface area (Å²) in [6, 6.07) is 0. The average molecular weight is 130 g/mol. The summed E-state index contributed by atoms with van der Waals surface area (Å²) in [7, 11) is 0. The Balaban J connectivity index is 2.30. The van der Waals surface area contributed by atoms with Gasteiger partial charge in [0.1, 0.15) is 0 Å². The molecule has 0 aromatic carbocycles. The minimum atomic E-state index is -0.219. The Morgan fingerprint density at radius 1 is 1.67 bits per heavy atom. The van der Waals surface area contributed by atoms with Crippen molar-refractivity contribution in [2.24, 2.45) is 11.7 Å². The number of aliphatic hydroxyl groups is 1. The SMILES string of the molecule is NC[C@H]1CCNC[C@@H]1O. The molecule has 0 radical (unpaired) electrons. The molecule has 0 aromatic heterocycles. The first-order valence-corrected chi connectivity index (χ1v) is 3.43. The number of piperidine rings is 1. The lowest BCUT2D eigenvalue weighted by Gasteiger charge is -2.26. The zero-order chi connectivity index (χ0) is 6.69. The molecule has 3 nitrogen and oxygen atoms in total. The average Bonchev–Trinajstić information content (AvgIpc) is 1.89. The van der Waals surface area contributed by atoms with Gasteiger partial charge in [-0.15, -0.1) is 0 Å². The Bertz CT molecular complexity index is 87.1. The van der Waals surface area contributed by atoms with Gasteiger partial charge in [-0.3, -0.25) is 0 Å². The van der Waals surface area contributed by atoms with Crippen LogP contribution < -0.4 is 11.1 Å². The summed E-state index contributed by atoms with van der Waals surface area (Å²) in [5.74, 6) is 0.325. The summed E-state index contributed by atoms with van der Waals surface area (Å²) in [5.41, 5.74) is 5.41. The van der Waals surface area contributed by atoms with E-state index in [1.807, 2.05) is 0 Å². The maximum Gasteiger partial charge on any atom is 0.0705 e. The molecule has 0 saturated carbocycles. The second-order valence-electron chi connectivity index (χ2n) is 2.56. The maximum absolute atomic E-state index is 9.23. The standard InChI is InChI=1S/C6H14N2O/c7-3-5-1-2-8-4-6(5)9/h5-6,8-9H,1-4,7H2/t5-,6+/m1/s1. The van der Waals surface area contributed by atoms with Gasteiger partial charge in [-0.05, 0) is 25.4 Å². The lowest BCUT2D eigenvalue weighted by atomic mass is 9.96. The summed E-state index contributed by atoms with van der Waals surface area (Å²) in [5, 5.41) is 12.3. The monoisotopic (exact) mass is 130 g/mol. The van der Waals surface area contributed by atoms with Crippen LogP contribution in [0.1, 0.15) is 6.42 Å². The Morgan fingerprint density at radius 3 is 2.89 bits per heavy atom. The van der Waals surface area contributed by atoms with Gasteiger partial charge in [-0.1, -0.05) is 0 Å². The molecular weight excluding hydrogens is 116 g/mol. The first-order valence-electron chi connectivity index (χ1n) is 3.43. The fourth-order valence-corrected chi connectivity index (χ4v) is 1.17. The second-order valence-corrected chi connectivity index (χ2v) is 2.56. The number of aliphatic hydroxyl groups excluding tert-OH is 1. The Labute approximate surface area is 55.2 Å². The fourth-order valence-electron chi connectivity index (χ4n) is 1.17. The molecule has 1 rings (SSSR count). The van der Waals surface area contributed by atoms with Crippen LogP contribution in [-0.2, 0) is 0 Å². The van der Waals surface area contributed by atoms with Crippen LogP contribution in [0.5, 0.6) is 0 Å². The van der Waals surface area contributed by atoms with E-state index in [4.69, 9.17) is 5.73 Å². The van der Waals surface area contributed by atoms with Crippen molar-refractivity contribution in [1.29, 1.82) is 0 Å². The van der Waals surface area contributed by atoms with Crippen molar-refractivity contribution < 1.29 is 5.11 Å². The van der Waals surface area contributed by atoms with E-state index >= 15 is 0 Å². The van der Waals surface area contributed by atoms with Crippen LogP contribution in [0.2, 0.25) is 0 Å². The maximum atomic E-state index is 9.23.